The Labute approximate surface area is 103 Å². The zero-order valence-corrected chi connectivity index (χ0v) is 10.7. The summed E-state index contributed by atoms with van der Waals surface area (Å²) >= 11 is 0. The lowest BCUT2D eigenvalue weighted by molar-refractivity contribution is -0.145. The molecule has 0 saturated carbocycles. The van der Waals surface area contributed by atoms with Crippen LogP contribution < -0.4 is 5.32 Å². The number of fused-ring (bicyclic) bond motifs is 1. The van der Waals surface area contributed by atoms with Gasteiger partial charge in [-0.15, -0.1) is 0 Å². The molecule has 0 aromatic rings. The number of nitrogens with zero attached hydrogens (tertiary/aromatic N) is 1. The van der Waals surface area contributed by atoms with Crippen LogP contribution in [0.2, 0.25) is 0 Å². The number of carbonyl (C=O) groups is 2. The molecule has 0 spiro atoms. The molecule has 2 saturated heterocycles. The molecule has 2 rings (SSSR count). The number of piperidine rings is 1. The van der Waals surface area contributed by atoms with Gasteiger partial charge in [0.25, 0.3) is 0 Å². The van der Waals surface area contributed by atoms with Gasteiger partial charge in [-0.1, -0.05) is 0 Å². The Bertz CT molecular complexity index is 317. The highest BCUT2D eigenvalue weighted by Crippen LogP contribution is 2.30. The molecule has 2 fully saturated rings. The standard InChI is InChI=1S/C13H22N2O2/c1-9(16)12-8-4-6-10-5-3-7-11(14-2)13(17)15(10)12/h10-12,14H,3-8H2,1-2H3/t10?,11-,12-/m0/s1. The number of nitrogens with one attached hydrogen (secondary N) is 1. The number of likely N-dealkylation sites (N-methyl/N-ethyl adjacent to an activating group) is 1. The molecular formula is C13H22N2O2. The van der Waals surface area contributed by atoms with Crippen molar-refractivity contribution in [1.82, 2.24) is 10.2 Å². The van der Waals surface area contributed by atoms with Gasteiger partial charge >= 0.3 is 0 Å². The first-order valence-corrected chi connectivity index (χ1v) is 6.65. The quantitative estimate of drug-likeness (QED) is 0.783. The van der Waals surface area contributed by atoms with E-state index in [0.29, 0.717) is 6.04 Å². The van der Waals surface area contributed by atoms with Gasteiger partial charge in [0.1, 0.15) is 0 Å². The monoisotopic (exact) mass is 238 g/mol. The molecule has 17 heavy (non-hydrogen) atoms. The molecule has 1 N–H and O–H groups in total. The van der Waals surface area contributed by atoms with Crippen LogP contribution in [0.5, 0.6) is 0 Å². The van der Waals surface area contributed by atoms with Crippen LogP contribution in [0.15, 0.2) is 0 Å². The van der Waals surface area contributed by atoms with E-state index in [1.807, 2.05) is 11.9 Å². The third-order valence-electron chi connectivity index (χ3n) is 4.14. The Hall–Kier alpha value is -0.900. The van der Waals surface area contributed by atoms with Crippen LogP contribution in [0.4, 0.5) is 0 Å². The van der Waals surface area contributed by atoms with E-state index in [1.165, 1.54) is 0 Å². The van der Waals surface area contributed by atoms with E-state index in [0.717, 1.165) is 38.5 Å². The van der Waals surface area contributed by atoms with Crippen molar-refractivity contribution in [3.8, 4) is 0 Å². The van der Waals surface area contributed by atoms with Crippen LogP contribution >= 0.6 is 0 Å². The zero-order valence-electron chi connectivity index (χ0n) is 10.7. The molecule has 0 aromatic heterocycles. The second-order valence-electron chi connectivity index (χ2n) is 5.23. The Kier molecular flexibility index (Phi) is 3.82. The smallest absolute Gasteiger partial charge is 0.240 e. The average Bonchev–Trinajstić information content (AvgIpc) is 2.48. The van der Waals surface area contributed by atoms with Gasteiger partial charge in [-0.25, -0.2) is 0 Å². The normalized spacial score (nSPS) is 34.1. The summed E-state index contributed by atoms with van der Waals surface area (Å²) in [4.78, 5) is 26.0. The van der Waals surface area contributed by atoms with Gasteiger partial charge in [0.2, 0.25) is 5.91 Å². The number of ketones is 1. The summed E-state index contributed by atoms with van der Waals surface area (Å²) in [7, 11) is 1.83. The van der Waals surface area contributed by atoms with Gasteiger partial charge in [-0.3, -0.25) is 9.59 Å². The lowest BCUT2D eigenvalue weighted by Gasteiger charge is -2.41. The fourth-order valence-corrected chi connectivity index (χ4v) is 3.22. The van der Waals surface area contributed by atoms with E-state index < -0.39 is 0 Å². The number of carbonyl (C=O) groups excluding carboxylic acids is 2. The first-order valence-electron chi connectivity index (χ1n) is 6.65. The molecule has 2 heterocycles. The Balaban J connectivity index is 2.24. The van der Waals surface area contributed by atoms with Gasteiger partial charge in [-0.05, 0) is 52.5 Å². The van der Waals surface area contributed by atoms with Crippen molar-refractivity contribution in [1.29, 1.82) is 0 Å². The summed E-state index contributed by atoms with van der Waals surface area (Å²) in [5.74, 6) is 0.273. The highest BCUT2D eigenvalue weighted by atomic mass is 16.2. The van der Waals surface area contributed by atoms with E-state index >= 15 is 0 Å². The van der Waals surface area contributed by atoms with E-state index in [1.54, 1.807) is 6.92 Å². The zero-order chi connectivity index (χ0) is 12.4. The highest BCUT2D eigenvalue weighted by Gasteiger charge is 2.40. The molecule has 4 heteroatoms. The highest BCUT2D eigenvalue weighted by molar-refractivity contribution is 5.90. The van der Waals surface area contributed by atoms with Gasteiger partial charge in [0.05, 0.1) is 12.1 Å². The molecule has 0 aliphatic carbocycles. The summed E-state index contributed by atoms with van der Waals surface area (Å²) in [6.45, 7) is 1.61. The third-order valence-corrected chi connectivity index (χ3v) is 4.14. The Morgan fingerprint density at radius 3 is 2.47 bits per heavy atom. The maximum absolute atomic E-state index is 12.4. The van der Waals surface area contributed by atoms with Crippen LogP contribution in [-0.2, 0) is 9.59 Å². The fraction of sp³-hybridized carbons (Fsp3) is 0.846. The van der Waals surface area contributed by atoms with E-state index in [9.17, 15) is 9.59 Å². The van der Waals surface area contributed by atoms with Crippen molar-refractivity contribution in [3.63, 3.8) is 0 Å². The first kappa shape index (κ1) is 12.6. The number of Topliss-reactive ketones (excluding diaryl/α,β-unsaturated/α-hetero) is 1. The number of hydrogen-bond acceptors (Lipinski definition) is 3. The maximum atomic E-state index is 12.4. The van der Waals surface area contributed by atoms with E-state index in [4.69, 9.17) is 0 Å². The lowest BCUT2D eigenvalue weighted by atomic mass is 9.91. The largest absolute Gasteiger partial charge is 0.328 e. The number of amides is 1. The predicted octanol–water partition coefficient (Wildman–Crippen LogP) is 1.10. The Morgan fingerprint density at radius 1 is 1.24 bits per heavy atom. The summed E-state index contributed by atoms with van der Waals surface area (Å²) < 4.78 is 0. The summed E-state index contributed by atoms with van der Waals surface area (Å²) in [6, 6.07) is 0.0265. The second kappa shape index (κ2) is 5.17. The molecule has 0 bridgehead atoms. The van der Waals surface area contributed by atoms with Crippen molar-refractivity contribution in [2.45, 2.75) is 63.6 Å². The second-order valence-corrected chi connectivity index (χ2v) is 5.23. The summed E-state index contributed by atoms with van der Waals surface area (Å²) in [5.41, 5.74) is 0. The summed E-state index contributed by atoms with van der Waals surface area (Å²) in [6.07, 6.45) is 5.99. The van der Waals surface area contributed by atoms with Crippen molar-refractivity contribution >= 4 is 11.7 Å². The number of hydrogen-bond donors (Lipinski definition) is 1. The van der Waals surface area contributed by atoms with Gasteiger partial charge in [0.15, 0.2) is 5.78 Å². The molecule has 0 radical (unpaired) electrons. The van der Waals surface area contributed by atoms with Crippen molar-refractivity contribution in [2.75, 3.05) is 7.05 Å². The molecule has 1 amide bonds. The van der Waals surface area contributed by atoms with Gasteiger partial charge < -0.3 is 10.2 Å². The van der Waals surface area contributed by atoms with E-state index in [-0.39, 0.29) is 23.8 Å². The third kappa shape index (κ3) is 2.37. The molecule has 1 unspecified atom stereocenters. The van der Waals surface area contributed by atoms with Crippen molar-refractivity contribution < 1.29 is 9.59 Å². The minimum Gasteiger partial charge on any atom is -0.328 e. The average molecular weight is 238 g/mol. The minimum absolute atomic E-state index is 0.0973. The molecule has 2 aliphatic heterocycles. The lowest BCUT2D eigenvalue weighted by Crippen LogP contribution is -2.56. The maximum Gasteiger partial charge on any atom is 0.240 e. The molecule has 96 valence electrons. The van der Waals surface area contributed by atoms with Gasteiger partial charge in [-0.2, -0.15) is 0 Å². The predicted molar refractivity (Wildman–Crippen MR) is 65.7 cm³/mol. The molecular weight excluding hydrogens is 216 g/mol. The van der Waals surface area contributed by atoms with Crippen LogP contribution in [0, 0.1) is 0 Å². The van der Waals surface area contributed by atoms with Crippen LogP contribution in [0.3, 0.4) is 0 Å². The Morgan fingerprint density at radius 2 is 1.88 bits per heavy atom. The SMILES string of the molecule is CN[C@H]1CCCC2CCC[C@@H](C(C)=O)N2C1=O. The molecule has 2 aliphatic rings. The van der Waals surface area contributed by atoms with Crippen LogP contribution in [0.25, 0.3) is 0 Å². The van der Waals surface area contributed by atoms with Crippen LogP contribution in [-0.4, -0.2) is 41.8 Å². The topological polar surface area (TPSA) is 49.4 Å². The number of rotatable bonds is 2. The molecule has 4 nitrogen and oxygen atoms in total. The fourth-order valence-electron chi connectivity index (χ4n) is 3.22. The van der Waals surface area contributed by atoms with Crippen molar-refractivity contribution in [2.24, 2.45) is 0 Å². The van der Waals surface area contributed by atoms with Crippen molar-refractivity contribution in [3.05, 3.63) is 0 Å². The molecule has 0 aromatic carbocycles. The molecule has 3 atom stereocenters. The van der Waals surface area contributed by atoms with Crippen LogP contribution in [0.1, 0.15) is 45.4 Å². The van der Waals surface area contributed by atoms with Gasteiger partial charge in [0, 0.05) is 6.04 Å². The minimum atomic E-state index is -0.171. The summed E-state index contributed by atoms with van der Waals surface area (Å²) in [5, 5.41) is 3.08. The van der Waals surface area contributed by atoms with E-state index in [2.05, 4.69) is 5.32 Å². The first-order chi connectivity index (χ1) is 8.15.